The topological polar surface area (TPSA) is 52.7 Å². The first-order valence-corrected chi connectivity index (χ1v) is 9.64. The zero-order valence-corrected chi connectivity index (χ0v) is 15.1. The van der Waals surface area contributed by atoms with Gasteiger partial charge in [0, 0.05) is 26.2 Å². The molecule has 1 rings (SSSR count). The highest BCUT2D eigenvalue weighted by Crippen LogP contribution is 2.22. The van der Waals surface area contributed by atoms with Crippen molar-refractivity contribution < 1.29 is 8.42 Å². The fourth-order valence-electron chi connectivity index (χ4n) is 2.70. The lowest BCUT2D eigenvalue weighted by Gasteiger charge is -2.37. The van der Waals surface area contributed by atoms with Crippen molar-refractivity contribution in [2.75, 3.05) is 33.2 Å². The molecule has 0 amide bonds. The van der Waals surface area contributed by atoms with Gasteiger partial charge in [-0.25, -0.2) is 0 Å². The van der Waals surface area contributed by atoms with Gasteiger partial charge in [0.2, 0.25) is 0 Å². The summed E-state index contributed by atoms with van der Waals surface area (Å²) in [7, 11) is -1.62. The molecule has 1 aliphatic rings. The molecular weight excluding hydrogens is 286 g/mol. The van der Waals surface area contributed by atoms with E-state index in [1.807, 2.05) is 6.92 Å². The van der Waals surface area contributed by atoms with Crippen LogP contribution in [0.4, 0.5) is 0 Å². The molecule has 1 saturated heterocycles. The van der Waals surface area contributed by atoms with Gasteiger partial charge in [-0.3, -0.25) is 0 Å². The predicted molar refractivity (Wildman–Crippen MR) is 88.4 cm³/mol. The van der Waals surface area contributed by atoms with Crippen molar-refractivity contribution in [1.82, 2.24) is 13.9 Å². The summed E-state index contributed by atoms with van der Waals surface area (Å²) in [5, 5.41) is 3.41. The number of hydrogen-bond donors (Lipinski definition) is 1. The number of rotatable bonds is 8. The van der Waals surface area contributed by atoms with Gasteiger partial charge >= 0.3 is 0 Å². The largest absolute Gasteiger partial charge is 0.316 e. The van der Waals surface area contributed by atoms with Crippen molar-refractivity contribution in [2.45, 2.75) is 53.0 Å². The average Bonchev–Trinajstić information content (AvgIpc) is 2.46. The summed E-state index contributed by atoms with van der Waals surface area (Å²) in [4.78, 5) is 0. The van der Waals surface area contributed by atoms with E-state index >= 15 is 0 Å². The first-order valence-electron chi connectivity index (χ1n) is 8.24. The number of nitrogens with zero attached hydrogens (tertiary/aromatic N) is 2. The van der Waals surface area contributed by atoms with Crippen LogP contribution in [0, 0.1) is 11.8 Å². The molecule has 2 atom stereocenters. The average molecular weight is 320 g/mol. The molecular formula is C15H33N3O2S. The Kier molecular flexibility index (Phi) is 7.60. The zero-order valence-electron chi connectivity index (χ0n) is 14.3. The summed E-state index contributed by atoms with van der Waals surface area (Å²) >= 11 is 0. The summed E-state index contributed by atoms with van der Waals surface area (Å²) < 4.78 is 28.7. The molecule has 0 saturated carbocycles. The second-order valence-electron chi connectivity index (χ2n) is 6.58. The summed E-state index contributed by atoms with van der Waals surface area (Å²) in [6.45, 7) is 11.5. The third-order valence-corrected chi connectivity index (χ3v) is 6.61. The Bertz CT molecular complexity index is 398. The van der Waals surface area contributed by atoms with Crippen molar-refractivity contribution >= 4 is 10.2 Å². The maximum Gasteiger partial charge on any atom is 0.281 e. The van der Waals surface area contributed by atoms with Gasteiger partial charge in [0.25, 0.3) is 10.2 Å². The normalized spacial score (nSPS) is 22.9. The van der Waals surface area contributed by atoms with E-state index in [-0.39, 0.29) is 6.04 Å². The second-order valence-corrected chi connectivity index (χ2v) is 8.57. The van der Waals surface area contributed by atoms with E-state index in [9.17, 15) is 8.42 Å². The van der Waals surface area contributed by atoms with Crippen LogP contribution in [-0.2, 0) is 10.2 Å². The van der Waals surface area contributed by atoms with E-state index in [4.69, 9.17) is 0 Å². The highest BCUT2D eigenvalue weighted by atomic mass is 32.2. The third kappa shape index (κ3) is 5.20. The van der Waals surface area contributed by atoms with Gasteiger partial charge in [-0.1, -0.05) is 20.8 Å². The molecule has 0 aromatic carbocycles. The summed E-state index contributed by atoms with van der Waals surface area (Å²) in [5.74, 6) is 0.749. The summed E-state index contributed by atoms with van der Waals surface area (Å²) in [6, 6.07) is 0.0218. The number of nitrogens with one attached hydrogen (secondary N) is 1. The Balaban J connectivity index is 2.65. The Labute approximate surface area is 131 Å². The van der Waals surface area contributed by atoms with Gasteiger partial charge < -0.3 is 5.32 Å². The third-order valence-electron chi connectivity index (χ3n) is 4.57. The first-order chi connectivity index (χ1) is 9.80. The quantitative estimate of drug-likeness (QED) is 0.696. The smallest absolute Gasteiger partial charge is 0.281 e. The summed E-state index contributed by atoms with van der Waals surface area (Å²) in [6.07, 6.45) is 3.19. The van der Waals surface area contributed by atoms with E-state index < -0.39 is 10.2 Å². The molecule has 1 heterocycles. The van der Waals surface area contributed by atoms with Crippen molar-refractivity contribution in [2.24, 2.45) is 11.8 Å². The van der Waals surface area contributed by atoms with Crippen molar-refractivity contribution in [1.29, 1.82) is 0 Å². The van der Waals surface area contributed by atoms with Crippen molar-refractivity contribution in [3.05, 3.63) is 0 Å². The second kappa shape index (κ2) is 8.46. The molecule has 0 aromatic heterocycles. The lowest BCUT2D eigenvalue weighted by Crippen LogP contribution is -2.51. The molecule has 1 aliphatic heterocycles. The standard InChI is InChI=1S/C15H33N3O2S/c1-6-9-16-11-15-8-7-10-18(12-15)21(19,20)17(5)14(4)13(2)3/h13-16H,6-12H2,1-5H3. The minimum atomic E-state index is -3.33. The molecule has 0 spiro atoms. The van der Waals surface area contributed by atoms with Gasteiger partial charge in [0.05, 0.1) is 0 Å². The lowest BCUT2D eigenvalue weighted by molar-refractivity contribution is 0.229. The minimum absolute atomic E-state index is 0.0218. The number of piperidine rings is 1. The van der Waals surface area contributed by atoms with Gasteiger partial charge in [-0.15, -0.1) is 0 Å². The monoisotopic (exact) mass is 319 g/mol. The Morgan fingerprint density at radius 3 is 2.57 bits per heavy atom. The summed E-state index contributed by atoms with van der Waals surface area (Å²) in [5.41, 5.74) is 0. The van der Waals surface area contributed by atoms with Gasteiger partial charge in [0.15, 0.2) is 0 Å². The highest BCUT2D eigenvalue weighted by Gasteiger charge is 2.34. The van der Waals surface area contributed by atoms with E-state index in [0.29, 0.717) is 24.9 Å². The Hall–Kier alpha value is -0.170. The fourth-order valence-corrected chi connectivity index (χ4v) is 4.49. The molecule has 0 radical (unpaired) electrons. The van der Waals surface area contributed by atoms with Crippen LogP contribution in [0.5, 0.6) is 0 Å². The van der Waals surface area contributed by atoms with Crippen LogP contribution in [0.2, 0.25) is 0 Å². The van der Waals surface area contributed by atoms with Gasteiger partial charge in [-0.2, -0.15) is 17.0 Å². The van der Waals surface area contributed by atoms with Crippen LogP contribution in [-0.4, -0.2) is 56.3 Å². The molecule has 5 nitrogen and oxygen atoms in total. The van der Waals surface area contributed by atoms with E-state index in [1.165, 1.54) is 0 Å². The van der Waals surface area contributed by atoms with Crippen LogP contribution in [0.25, 0.3) is 0 Å². The molecule has 126 valence electrons. The minimum Gasteiger partial charge on any atom is -0.316 e. The first kappa shape index (κ1) is 18.9. The Morgan fingerprint density at radius 2 is 2.00 bits per heavy atom. The molecule has 0 aromatic rings. The molecule has 0 bridgehead atoms. The van der Waals surface area contributed by atoms with Crippen LogP contribution in [0.15, 0.2) is 0 Å². The Morgan fingerprint density at radius 1 is 1.33 bits per heavy atom. The molecule has 1 N–H and O–H groups in total. The number of hydrogen-bond acceptors (Lipinski definition) is 3. The maximum absolute atomic E-state index is 12.7. The van der Waals surface area contributed by atoms with Crippen LogP contribution in [0.1, 0.15) is 47.0 Å². The van der Waals surface area contributed by atoms with Gasteiger partial charge in [-0.05, 0) is 51.1 Å². The van der Waals surface area contributed by atoms with Crippen molar-refractivity contribution in [3.63, 3.8) is 0 Å². The van der Waals surface area contributed by atoms with E-state index in [1.54, 1.807) is 15.7 Å². The maximum atomic E-state index is 12.7. The molecule has 1 fully saturated rings. The van der Waals surface area contributed by atoms with Crippen molar-refractivity contribution in [3.8, 4) is 0 Å². The van der Waals surface area contributed by atoms with Crippen LogP contribution >= 0.6 is 0 Å². The van der Waals surface area contributed by atoms with Crippen LogP contribution < -0.4 is 5.32 Å². The SMILES string of the molecule is CCCNCC1CCCN(S(=O)(=O)N(C)C(C)C(C)C)C1. The van der Waals surface area contributed by atoms with Gasteiger partial charge in [0.1, 0.15) is 0 Å². The molecule has 0 aliphatic carbocycles. The van der Waals surface area contributed by atoms with E-state index in [2.05, 4.69) is 26.1 Å². The highest BCUT2D eigenvalue weighted by molar-refractivity contribution is 7.86. The molecule has 21 heavy (non-hydrogen) atoms. The van der Waals surface area contributed by atoms with E-state index in [0.717, 1.165) is 32.4 Å². The zero-order chi connectivity index (χ0) is 16.0. The fraction of sp³-hybridized carbons (Fsp3) is 1.00. The molecule has 6 heteroatoms. The van der Waals surface area contributed by atoms with Crippen LogP contribution in [0.3, 0.4) is 0 Å². The predicted octanol–water partition coefficient (Wildman–Crippen LogP) is 1.92. The molecule has 2 unspecified atom stereocenters. The lowest BCUT2D eigenvalue weighted by atomic mass is 10.00.